The van der Waals surface area contributed by atoms with Crippen LogP contribution in [0.1, 0.15) is 12.6 Å². The number of aromatic nitrogens is 1. The van der Waals surface area contributed by atoms with E-state index in [1.807, 2.05) is 6.92 Å². The summed E-state index contributed by atoms with van der Waals surface area (Å²) in [5.41, 5.74) is 0.916. The van der Waals surface area contributed by atoms with Gasteiger partial charge in [0.1, 0.15) is 0 Å². The zero-order valence-electron chi connectivity index (χ0n) is 5.19. The molecular weight excluding hydrogens is 134 g/mol. The molecule has 0 aromatic carbocycles. The molecule has 47 valence electrons. The Labute approximate surface area is 59.7 Å². The van der Waals surface area contributed by atoms with Gasteiger partial charge in [-0.1, -0.05) is 18.5 Å². The summed E-state index contributed by atoms with van der Waals surface area (Å²) in [5.74, 6) is 0. The van der Waals surface area contributed by atoms with E-state index >= 15 is 0 Å². The van der Waals surface area contributed by atoms with Gasteiger partial charge in [0.25, 0.3) is 0 Å². The summed E-state index contributed by atoms with van der Waals surface area (Å²) < 4.78 is 0. The molecular formula is C7H7ClN. The number of hydrogen-bond acceptors (Lipinski definition) is 1. The van der Waals surface area contributed by atoms with Crippen LogP contribution in [0.25, 0.3) is 0 Å². The molecule has 0 spiro atoms. The molecule has 9 heavy (non-hydrogen) atoms. The van der Waals surface area contributed by atoms with Crippen LogP contribution in [0.15, 0.2) is 12.3 Å². The van der Waals surface area contributed by atoms with E-state index in [0.29, 0.717) is 5.02 Å². The number of nitrogens with zero attached hydrogens (tertiary/aromatic N) is 1. The topological polar surface area (TPSA) is 12.9 Å². The first-order valence-corrected chi connectivity index (χ1v) is 3.23. The Hall–Kier alpha value is -0.560. The minimum Gasteiger partial charge on any atom is -0.260 e. The van der Waals surface area contributed by atoms with Crippen molar-refractivity contribution in [3.63, 3.8) is 0 Å². The lowest BCUT2D eigenvalue weighted by Crippen LogP contribution is -1.85. The fourth-order valence-electron chi connectivity index (χ4n) is 0.624. The molecule has 0 amide bonds. The summed E-state index contributed by atoms with van der Waals surface area (Å²) in [5, 5.41) is 0.639. The van der Waals surface area contributed by atoms with Crippen molar-refractivity contribution in [1.82, 2.24) is 4.98 Å². The van der Waals surface area contributed by atoms with Crippen molar-refractivity contribution in [3.8, 4) is 0 Å². The Balaban J connectivity index is 3.01. The highest BCUT2D eigenvalue weighted by Gasteiger charge is 1.94. The van der Waals surface area contributed by atoms with Crippen LogP contribution in [-0.2, 0) is 6.42 Å². The van der Waals surface area contributed by atoms with E-state index in [1.165, 1.54) is 0 Å². The Morgan fingerprint density at radius 2 is 2.56 bits per heavy atom. The second kappa shape index (κ2) is 2.83. The molecule has 0 saturated carbocycles. The van der Waals surface area contributed by atoms with E-state index in [1.54, 1.807) is 12.3 Å². The SMILES string of the molecule is CCc1ncc[c]c1Cl. The van der Waals surface area contributed by atoms with Crippen LogP contribution in [-0.4, -0.2) is 4.98 Å². The molecule has 0 atom stereocenters. The van der Waals surface area contributed by atoms with Gasteiger partial charge < -0.3 is 0 Å². The smallest absolute Gasteiger partial charge is 0.0700 e. The van der Waals surface area contributed by atoms with Crippen molar-refractivity contribution in [1.29, 1.82) is 0 Å². The van der Waals surface area contributed by atoms with Crippen molar-refractivity contribution < 1.29 is 0 Å². The van der Waals surface area contributed by atoms with Crippen molar-refractivity contribution >= 4 is 11.6 Å². The third kappa shape index (κ3) is 1.42. The maximum absolute atomic E-state index is 5.71. The zero-order valence-corrected chi connectivity index (χ0v) is 5.94. The lowest BCUT2D eigenvalue weighted by atomic mass is 10.3. The maximum Gasteiger partial charge on any atom is 0.0700 e. The molecule has 1 heterocycles. The van der Waals surface area contributed by atoms with Gasteiger partial charge in [0, 0.05) is 12.3 Å². The summed E-state index contributed by atoms with van der Waals surface area (Å²) in [6.07, 6.45) is 2.57. The first-order valence-electron chi connectivity index (χ1n) is 2.85. The van der Waals surface area contributed by atoms with Crippen LogP contribution >= 0.6 is 11.6 Å². The Bertz CT molecular complexity index is 198. The molecule has 0 bridgehead atoms. The van der Waals surface area contributed by atoms with Crippen LogP contribution in [0.5, 0.6) is 0 Å². The summed E-state index contributed by atoms with van der Waals surface area (Å²) in [7, 11) is 0. The number of hydrogen-bond donors (Lipinski definition) is 0. The summed E-state index contributed by atoms with van der Waals surface area (Å²) in [6.45, 7) is 2.02. The van der Waals surface area contributed by atoms with E-state index in [9.17, 15) is 0 Å². The van der Waals surface area contributed by atoms with Gasteiger partial charge in [0.05, 0.1) is 10.7 Å². The lowest BCUT2D eigenvalue weighted by molar-refractivity contribution is 1.03. The average Bonchev–Trinajstić information content (AvgIpc) is 1.89. The molecule has 0 saturated heterocycles. The van der Waals surface area contributed by atoms with Crippen molar-refractivity contribution in [2.75, 3.05) is 0 Å². The first-order chi connectivity index (χ1) is 4.34. The molecule has 0 aliphatic carbocycles. The fraction of sp³-hybridized carbons (Fsp3) is 0.286. The Kier molecular flexibility index (Phi) is 2.06. The van der Waals surface area contributed by atoms with Gasteiger partial charge in [0.2, 0.25) is 0 Å². The van der Waals surface area contributed by atoms with Gasteiger partial charge in [-0.25, -0.2) is 0 Å². The molecule has 0 aliphatic rings. The average molecular weight is 141 g/mol. The van der Waals surface area contributed by atoms with Crippen LogP contribution in [0.4, 0.5) is 0 Å². The van der Waals surface area contributed by atoms with E-state index in [-0.39, 0.29) is 0 Å². The van der Waals surface area contributed by atoms with Crippen molar-refractivity contribution in [3.05, 3.63) is 29.0 Å². The van der Waals surface area contributed by atoms with Gasteiger partial charge >= 0.3 is 0 Å². The Morgan fingerprint density at radius 3 is 3.00 bits per heavy atom. The van der Waals surface area contributed by atoms with Gasteiger partial charge in [-0.05, 0) is 12.5 Å². The molecule has 2 heteroatoms. The molecule has 0 unspecified atom stereocenters. The largest absolute Gasteiger partial charge is 0.260 e. The highest BCUT2D eigenvalue weighted by atomic mass is 35.5. The normalized spacial score (nSPS) is 9.56. The van der Waals surface area contributed by atoms with E-state index in [2.05, 4.69) is 11.1 Å². The van der Waals surface area contributed by atoms with E-state index in [0.717, 1.165) is 12.1 Å². The highest BCUT2D eigenvalue weighted by Crippen LogP contribution is 2.10. The minimum atomic E-state index is 0.639. The van der Waals surface area contributed by atoms with E-state index < -0.39 is 0 Å². The van der Waals surface area contributed by atoms with Gasteiger partial charge in [-0.3, -0.25) is 4.98 Å². The van der Waals surface area contributed by atoms with Crippen molar-refractivity contribution in [2.45, 2.75) is 13.3 Å². The predicted molar refractivity (Wildman–Crippen MR) is 37.5 cm³/mol. The van der Waals surface area contributed by atoms with Crippen LogP contribution < -0.4 is 0 Å². The maximum atomic E-state index is 5.71. The summed E-state index contributed by atoms with van der Waals surface area (Å²) in [6, 6.07) is 4.56. The molecule has 1 aromatic heterocycles. The molecule has 1 nitrogen and oxygen atoms in total. The third-order valence-electron chi connectivity index (χ3n) is 1.10. The number of aryl methyl sites for hydroxylation is 1. The van der Waals surface area contributed by atoms with Gasteiger partial charge in [-0.2, -0.15) is 0 Å². The molecule has 0 aliphatic heterocycles. The summed E-state index contributed by atoms with van der Waals surface area (Å²) in [4.78, 5) is 4.03. The van der Waals surface area contributed by atoms with Crippen LogP contribution in [0, 0.1) is 6.07 Å². The van der Waals surface area contributed by atoms with Gasteiger partial charge in [-0.15, -0.1) is 0 Å². The van der Waals surface area contributed by atoms with Crippen LogP contribution in [0.2, 0.25) is 5.02 Å². The second-order valence-corrected chi connectivity index (χ2v) is 2.08. The monoisotopic (exact) mass is 140 g/mol. The fourth-order valence-corrected chi connectivity index (χ4v) is 0.870. The number of halogens is 1. The highest BCUT2D eigenvalue weighted by molar-refractivity contribution is 6.31. The Morgan fingerprint density at radius 1 is 1.78 bits per heavy atom. The molecule has 1 radical (unpaired) electrons. The number of pyridine rings is 1. The second-order valence-electron chi connectivity index (χ2n) is 1.70. The minimum absolute atomic E-state index is 0.639. The quantitative estimate of drug-likeness (QED) is 0.582. The molecule has 1 aromatic rings. The predicted octanol–water partition coefficient (Wildman–Crippen LogP) is 2.10. The lowest BCUT2D eigenvalue weighted by Gasteiger charge is -1.94. The molecule has 0 fully saturated rings. The standard InChI is InChI=1S/C7H7ClN/c1-2-7-6(8)4-3-5-9-7/h3,5H,2H2,1H3. The van der Waals surface area contributed by atoms with Gasteiger partial charge in [0.15, 0.2) is 0 Å². The van der Waals surface area contributed by atoms with E-state index in [4.69, 9.17) is 11.6 Å². The zero-order chi connectivity index (χ0) is 6.69. The summed E-state index contributed by atoms with van der Waals surface area (Å²) >= 11 is 5.71. The first kappa shape index (κ1) is 6.56. The van der Waals surface area contributed by atoms with Crippen molar-refractivity contribution in [2.24, 2.45) is 0 Å². The molecule has 1 rings (SSSR count). The molecule has 0 N–H and O–H groups in total. The van der Waals surface area contributed by atoms with Crippen LogP contribution in [0.3, 0.4) is 0 Å². The third-order valence-corrected chi connectivity index (χ3v) is 1.43. The number of rotatable bonds is 1.